The highest BCUT2D eigenvalue weighted by Gasteiger charge is 2.55. The minimum Gasteiger partial charge on any atom is -0.363 e. The molecule has 10 nitrogen and oxygen atoms in total. The summed E-state index contributed by atoms with van der Waals surface area (Å²) in [5, 5.41) is 10.6. The van der Waals surface area contributed by atoms with Crippen molar-refractivity contribution in [3.63, 3.8) is 0 Å². The van der Waals surface area contributed by atoms with Crippen LogP contribution in [-0.2, 0) is 14.4 Å². The number of imide groups is 3. The topological polar surface area (TPSA) is 119 Å². The molecule has 1 atom stereocenters. The Hall–Kier alpha value is -3.68. The van der Waals surface area contributed by atoms with Gasteiger partial charge >= 0.3 is 29.7 Å². The van der Waals surface area contributed by atoms with Gasteiger partial charge in [-0.05, 0) is 104 Å². The van der Waals surface area contributed by atoms with E-state index < -0.39 is 49.4 Å². The van der Waals surface area contributed by atoms with Crippen LogP contribution in [0.5, 0.6) is 0 Å². The molecule has 18 heteroatoms. The molecule has 2 aliphatic rings. The Bertz CT molecular complexity index is 1950. The number of aliphatic hydroxyl groups is 1. The average Bonchev–Trinajstić information content (AvgIpc) is 3.40. The van der Waals surface area contributed by atoms with Crippen molar-refractivity contribution in [3.8, 4) is 0 Å². The predicted molar refractivity (Wildman–Crippen MR) is 212 cm³/mol. The third kappa shape index (κ3) is 9.35. The fraction of sp³-hybridized carbons (Fsp3) is 0.171. The number of urea groups is 2. The number of rotatable bonds is 4. The van der Waals surface area contributed by atoms with Crippen LogP contribution in [0, 0.1) is 0 Å². The van der Waals surface area contributed by atoms with Crippen LogP contribution < -0.4 is 19.6 Å². The minimum atomic E-state index is -3.92. The first kappa shape index (κ1) is 42.1. The SMILES string of the molecule is CC1(O)C(=O)N(c2ccc(Br)cc2)C(=O)N1c1ccc(Br)cc1.C[Si](C)(C)C(F)(F)F.O=C1C(=O)N(c2ccc(Br)cc2)C(=O)N1c1ccc(Br)cc1. The number of anilines is 4. The molecule has 0 radical (unpaired) electrons. The predicted octanol–water partition coefficient (Wildman–Crippen LogP) is 10.0. The van der Waals surface area contributed by atoms with E-state index in [0.717, 1.165) is 37.5 Å². The van der Waals surface area contributed by atoms with Gasteiger partial charge in [-0.2, -0.15) is 13.2 Å². The normalized spacial score (nSPS) is 17.5. The molecule has 278 valence electrons. The van der Waals surface area contributed by atoms with Crippen LogP contribution in [0.1, 0.15) is 6.92 Å². The highest BCUT2D eigenvalue weighted by atomic mass is 79.9. The first-order chi connectivity index (χ1) is 24.6. The molecule has 6 rings (SSSR count). The standard InChI is InChI=1S/C16H12Br2N2O3.C15H8Br2N2O3.C4H9F3Si/c1-16(23)14(21)19(12-6-2-10(17)3-7-12)15(22)20(16)13-8-4-11(18)5-9-13;16-9-1-5-11(6-2-9)18-13(20)14(21)19(15(18)22)12-7-3-10(17)4-8-12;1-8(2,3)4(5,6)7/h2-9,23H,1H3;1-8H;1-3H3. The summed E-state index contributed by atoms with van der Waals surface area (Å²) in [6.07, 6.45) is 0. The molecule has 4 aromatic rings. The second kappa shape index (κ2) is 16.4. The first-order valence-corrected chi connectivity index (χ1v) is 22.0. The largest absolute Gasteiger partial charge is 0.363 e. The summed E-state index contributed by atoms with van der Waals surface area (Å²) in [4.78, 5) is 65.9. The van der Waals surface area contributed by atoms with Crippen LogP contribution in [0.3, 0.4) is 0 Å². The zero-order valence-corrected chi connectivity index (χ0v) is 35.5. The highest BCUT2D eigenvalue weighted by Crippen LogP contribution is 2.36. The lowest BCUT2D eigenvalue weighted by molar-refractivity contribution is -0.133. The Morgan fingerprint density at radius 1 is 0.528 bits per heavy atom. The molecule has 2 fully saturated rings. The van der Waals surface area contributed by atoms with E-state index in [1.54, 1.807) is 97.1 Å². The van der Waals surface area contributed by atoms with E-state index >= 15 is 0 Å². The number of alkyl halides is 3. The summed E-state index contributed by atoms with van der Waals surface area (Å²) < 4.78 is 38.2. The summed E-state index contributed by atoms with van der Waals surface area (Å²) in [6.45, 7) is 5.17. The molecule has 0 aromatic heterocycles. The van der Waals surface area contributed by atoms with E-state index in [2.05, 4.69) is 63.7 Å². The number of hydrogen-bond acceptors (Lipinski definition) is 6. The molecule has 0 spiro atoms. The van der Waals surface area contributed by atoms with Crippen molar-refractivity contribution in [2.75, 3.05) is 19.6 Å². The van der Waals surface area contributed by atoms with Crippen LogP contribution >= 0.6 is 63.7 Å². The Balaban J connectivity index is 0.000000197. The average molecular weight is 1010 g/mol. The van der Waals surface area contributed by atoms with Crippen molar-refractivity contribution in [1.29, 1.82) is 0 Å². The molecule has 4 aromatic carbocycles. The van der Waals surface area contributed by atoms with Crippen LogP contribution in [0.4, 0.5) is 45.5 Å². The van der Waals surface area contributed by atoms with E-state index in [9.17, 15) is 42.3 Å². The van der Waals surface area contributed by atoms with E-state index in [1.165, 1.54) is 26.6 Å². The number of hydrogen-bond donors (Lipinski definition) is 1. The van der Waals surface area contributed by atoms with Gasteiger partial charge < -0.3 is 5.11 Å². The number of halogens is 7. The second-order valence-electron chi connectivity index (χ2n) is 12.5. The van der Waals surface area contributed by atoms with Gasteiger partial charge in [0.15, 0.2) is 8.07 Å². The lowest BCUT2D eigenvalue weighted by Crippen LogP contribution is -2.47. The third-order valence-corrected chi connectivity index (χ3v) is 11.4. The van der Waals surface area contributed by atoms with E-state index in [4.69, 9.17) is 0 Å². The second-order valence-corrected chi connectivity index (χ2v) is 21.2. The molecule has 0 aliphatic carbocycles. The summed E-state index contributed by atoms with van der Waals surface area (Å²) in [6, 6.07) is 25.4. The molecule has 1 N–H and O–H groups in total. The quantitative estimate of drug-likeness (QED) is 0.124. The van der Waals surface area contributed by atoms with Crippen molar-refractivity contribution >= 4 is 124 Å². The van der Waals surface area contributed by atoms with Crippen LogP contribution in [0.2, 0.25) is 19.6 Å². The Morgan fingerprint density at radius 2 is 0.792 bits per heavy atom. The Kier molecular flexibility index (Phi) is 13.0. The van der Waals surface area contributed by atoms with Crippen LogP contribution in [-0.4, -0.2) is 54.5 Å². The van der Waals surface area contributed by atoms with Crippen molar-refractivity contribution in [2.24, 2.45) is 0 Å². The maximum atomic E-state index is 12.7. The van der Waals surface area contributed by atoms with Gasteiger partial charge in [-0.25, -0.2) is 24.3 Å². The van der Waals surface area contributed by atoms with E-state index in [-0.39, 0.29) is 0 Å². The van der Waals surface area contributed by atoms with Gasteiger partial charge in [0, 0.05) is 23.6 Å². The molecular formula is C35H29Br4F3N4O6Si. The molecule has 7 amide bonds. The number of carbonyl (C=O) groups is 5. The Labute approximate surface area is 337 Å². The molecule has 2 heterocycles. The van der Waals surface area contributed by atoms with E-state index in [0.29, 0.717) is 22.7 Å². The number of carbonyl (C=O) groups excluding carboxylic acids is 5. The summed E-state index contributed by atoms with van der Waals surface area (Å²) in [7, 11) is -2.86. The molecule has 53 heavy (non-hydrogen) atoms. The van der Waals surface area contributed by atoms with Gasteiger partial charge in [0.05, 0.1) is 17.1 Å². The summed E-state index contributed by atoms with van der Waals surface area (Å²) in [5.41, 5.74) is -0.394. The van der Waals surface area contributed by atoms with E-state index in [1.807, 2.05) is 0 Å². The van der Waals surface area contributed by atoms with Gasteiger partial charge in [0.25, 0.3) is 5.91 Å². The zero-order valence-electron chi connectivity index (χ0n) is 28.2. The van der Waals surface area contributed by atoms with Gasteiger partial charge in [0.1, 0.15) is 0 Å². The fourth-order valence-electron chi connectivity index (χ4n) is 4.55. The summed E-state index contributed by atoms with van der Waals surface area (Å²) >= 11 is 13.2. The van der Waals surface area contributed by atoms with Crippen molar-refractivity contribution in [2.45, 2.75) is 38.1 Å². The van der Waals surface area contributed by atoms with Crippen molar-refractivity contribution in [3.05, 3.63) is 115 Å². The van der Waals surface area contributed by atoms with Gasteiger partial charge in [-0.3, -0.25) is 19.3 Å². The van der Waals surface area contributed by atoms with Crippen LogP contribution in [0.25, 0.3) is 0 Å². The molecule has 0 saturated carbocycles. The maximum absolute atomic E-state index is 12.7. The zero-order chi connectivity index (χ0) is 39.6. The third-order valence-electron chi connectivity index (χ3n) is 7.59. The van der Waals surface area contributed by atoms with Gasteiger partial charge in [-0.1, -0.05) is 83.4 Å². The number of benzene rings is 4. The molecule has 2 saturated heterocycles. The van der Waals surface area contributed by atoms with Gasteiger partial charge in [-0.15, -0.1) is 0 Å². The molecule has 1 unspecified atom stereocenters. The minimum absolute atomic E-state index is 0.353. The monoisotopic (exact) mass is 1000 g/mol. The number of amides is 7. The molecule has 0 bridgehead atoms. The molecular weight excluding hydrogens is 977 g/mol. The lowest BCUT2D eigenvalue weighted by Gasteiger charge is -2.26. The highest BCUT2D eigenvalue weighted by molar-refractivity contribution is 9.11. The summed E-state index contributed by atoms with van der Waals surface area (Å²) in [5.74, 6) is -6.34. The van der Waals surface area contributed by atoms with Crippen molar-refractivity contribution < 1.29 is 42.3 Å². The molecule has 2 aliphatic heterocycles. The first-order valence-electron chi connectivity index (χ1n) is 15.3. The fourth-order valence-corrected chi connectivity index (χ4v) is 5.61. The van der Waals surface area contributed by atoms with Crippen molar-refractivity contribution in [1.82, 2.24) is 0 Å². The lowest BCUT2D eigenvalue weighted by atomic mass is 10.2. The Morgan fingerprint density at radius 3 is 1.08 bits per heavy atom. The number of nitrogens with zero attached hydrogens (tertiary/aromatic N) is 4. The smallest absolute Gasteiger partial charge is 0.360 e. The van der Waals surface area contributed by atoms with Crippen LogP contribution in [0.15, 0.2) is 115 Å². The maximum Gasteiger partial charge on any atom is 0.360 e. The van der Waals surface area contributed by atoms with Gasteiger partial charge in [0.2, 0.25) is 5.72 Å².